The van der Waals surface area contributed by atoms with E-state index in [1.807, 2.05) is 25.9 Å². The van der Waals surface area contributed by atoms with Gasteiger partial charge in [0.1, 0.15) is 0 Å². The summed E-state index contributed by atoms with van der Waals surface area (Å²) in [5.74, 6) is 0. The highest BCUT2D eigenvalue weighted by Gasteiger charge is 2.09. The SMILES string of the molecule is Cc1c(Br)cnc(Cl)c1N(C)C. The summed E-state index contributed by atoms with van der Waals surface area (Å²) < 4.78 is 0.982. The fourth-order valence-corrected chi connectivity index (χ4v) is 1.71. The third-order valence-corrected chi connectivity index (χ3v) is 2.72. The molecule has 2 nitrogen and oxygen atoms in total. The summed E-state index contributed by atoms with van der Waals surface area (Å²) in [6.07, 6.45) is 1.71. The van der Waals surface area contributed by atoms with Crippen molar-refractivity contribution in [3.63, 3.8) is 0 Å². The molecule has 4 heteroatoms. The van der Waals surface area contributed by atoms with Gasteiger partial charge in [0.15, 0.2) is 5.15 Å². The Hall–Kier alpha value is -0.280. The molecule has 66 valence electrons. The van der Waals surface area contributed by atoms with Crippen LogP contribution in [0.25, 0.3) is 0 Å². The molecule has 0 aromatic carbocycles. The summed E-state index contributed by atoms with van der Waals surface area (Å²) in [6.45, 7) is 2.01. The maximum atomic E-state index is 5.92. The number of pyridine rings is 1. The standard InChI is InChI=1S/C8H10BrClN2/c1-5-6(9)4-11-8(10)7(5)12(2)3/h4H,1-3H3. The van der Waals surface area contributed by atoms with Gasteiger partial charge in [-0.05, 0) is 28.4 Å². The Bertz CT molecular complexity index is 299. The zero-order valence-corrected chi connectivity index (χ0v) is 9.57. The summed E-state index contributed by atoms with van der Waals surface area (Å²) in [5, 5.41) is 0.542. The molecule has 1 aromatic rings. The number of aromatic nitrogens is 1. The van der Waals surface area contributed by atoms with Crippen LogP contribution in [-0.2, 0) is 0 Å². The topological polar surface area (TPSA) is 16.1 Å². The Balaban J connectivity index is 3.33. The van der Waals surface area contributed by atoms with Gasteiger partial charge in [0, 0.05) is 24.8 Å². The van der Waals surface area contributed by atoms with Gasteiger partial charge in [0.25, 0.3) is 0 Å². The minimum Gasteiger partial charge on any atom is -0.375 e. The summed E-state index contributed by atoms with van der Waals surface area (Å²) >= 11 is 9.32. The average molecular weight is 250 g/mol. The number of anilines is 1. The van der Waals surface area contributed by atoms with E-state index >= 15 is 0 Å². The molecular formula is C8H10BrClN2. The number of nitrogens with zero attached hydrogens (tertiary/aromatic N) is 2. The van der Waals surface area contributed by atoms with Crippen molar-refractivity contribution < 1.29 is 0 Å². The molecule has 0 radical (unpaired) electrons. The fourth-order valence-electron chi connectivity index (χ4n) is 1.06. The molecule has 0 bridgehead atoms. The van der Waals surface area contributed by atoms with Crippen LogP contribution in [0.2, 0.25) is 5.15 Å². The number of halogens is 2. The first-order chi connectivity index (χ1) is 5.54. The smallest absolute Gasteiger partial charge is 0.152 e. The monoisotopic (exact) mass is 248 g/mol. The van der Waals surface area contributed by atoms with Crippen LogP contribution < -0.4 is 4.90 Å². The zero-order valence-electron chi connectivity index (χ0n) is 7.23. The molecule has 1 heterocycles. The maximum Gasteiger partial charge on any atom is 0.152 e. The van der Waals surface area contributed by atoms with Gasteiger partial charge in [0.2, 0.25) is 0 Å². The predicted molar refractivity (Wildman–Crippen MR) is 56.0 cm³/mol. The minimum absolute atomic E-state index is 0.542. The van der Waals surface area contributed by atoms with Gasteiger partial charge in [-0.2, -0.15) is 0 Å². The summed E-state index contributed by atoms with van der Waals surface area (Å²) in [6, 6.07) is 0. The Morgan fingerprint density at radius 2 is 2.08 bits per heavy atom. The summed E-state index contributed by atoms with van der Waals surface area (Å²) in [4.78, 5) is 5.99. The van der Waals surface area contributed by atoms with Crippen molar-refractivity contribution >= 4 is 33.2 Å². The molecule has 0 aliphatic carbocycles. The Morgan fingerprint density at radius 3 is 2.50 bits per heavy atom. The first-order valence-electron chi connectivity index (χ1n) is 3.52. The second-order valence-electron chi connectivity index (χ2n) is 2.76. The van der Waals surface area contributed by atoms with E-state index in [-0.39, 0.29) is 0 Å². The van der Waals surface area contributed by atoms with E-state index in [0.29, 0.717) is 5.15 Å². The molecule has 0 saturated carbocycles. The van der Waals surface area contributed by atoms with Crippen LogP contribution in [0.5, 0.6) is 0 Å². The molecule has 0 fully saturated rings. The molecule has 0 aliphatic heterocycles. The lowest BCUT2D eigenvalue weighted by molar-refractivity contribution is 1.08. The fraction of sp³-hybridized carbons (Fsp3) is 0.375. The van der Waals surface area contributed by atoms with Crippen molar-refractivity contribution in [3.8, 4) is 0 Å². The van der Waals surface area contributed by atoms with Crippen LogP contribution in [0.4, 0.5) is 5.69 Å². The number of hydrogen-bond donors (Lipinski definition) is 0. The van der Waals surface area contributed by atoms with Crippen LogP contribution in [0.3, 0.4) is 0 Å². The van der Waals surface area contributed by atoms with E-state index in [2.05, 4.69) is 20.9 Å². The third-order valence-electron chi connectivity index (χ3n) is 1.65. The quantitative estimate of drug-likeness (QED) is 0.712. The molecule has 1 rings (SSSR count). The van der Waals surface area contributed by atoms with Gasteiger partial charge in [-0.1, -0.05) is 11.6 Å². The first-order valence-corrected chi connectivity index (χ1v) is 4.69. The van der Waals surface area contributed by atoms with Crippen molar-refractivity contribution in [2.45, 2.75) is 6.92 Å². The van der Waals surface area contributed by atoms with Crippen molar-refractivity contribution in [1.82, 2.24) is 4.98 Å². The molecule has 0 amide bonds. The lowest BCUT2D eigenvalue weighted by atomic mass is 10.2. The highest BCUT2D eigenvalue weighted by atomic mass is 79.9. The second kappa shape index (κ2) is 3.62. The van der Waals surface area contributed by atoms with Gasteiger partial charge < -0.3 is 4.90 Å². The van der Waals surface area contributed by atoms with E-state index in [1.165, 1.54) is 0 Å². The second-order valence-corrected chi connectivity index (χ2v) is 3.98. The van der Waals surface area contributed by atoms with Crippen LogP contribution in [0.15, 0.2) is 10.7 Å². The predicted octanol–water partition coefficient (Wildman–Crippen LogP) is 2.87. The van der Waals surface area contributed by atoms with E-state index in [0.717, 1.165) is 15.7 Å². The van der Waals surface area contributed by atoms with Gasteiger partial charge >= 0.3 is 0 Å². The van der Waals surface area contributed by atoms with Gasteiger partial charge in [0.05, 0.1) is 5.69 Å². The molecule has 1 aromatic heterocycles. The Morgan fingerprint density at radius 1 is 1.50 bits per heavy atom. The summed E-state index contributed by atoms with van der Waals surface area (Å²) in [5.41, 5.74) is 2.08. The van der Waals surface area contributed by atoms with Crippen LogP contribution in [0.1, 0.15) is 5.56 Å². The molecule has 0 aliphatic rings. The van der Waals surface area contributed by atoms with E-state index in [9.17, 15) is 0 Å². The van der Waals surface area contributed by atoms with Crippen LogP contribution >= 0.6 is 27.5 Å². The highest BCUT2D eigenvalue weighted by Crippen LogP contribution is 2.30. The van der Waals surface area contributed by atoms with E-state index < -0.39 is 0 Å². The first kappa shape index (κ1) is 9.81. The van der Waals surface area contributed by atoms with Crippen molar-refractivity contribution in [1.29, 1.82) is 0 Å². The van der Waals surface area contributed by atoms with Crippen molar-refractivity contribution in [2.75, 3.05) is 19.0 Å². The molecular weight excluding hydrogens is 239 g/mol. The molecule has 0 atom stereocenters. The minimum atomic E-state index is 0.542. The Kier molecular flexibility index (Phi) is 2.96. The van der Waals surface area contributed by atoms with Gasteiger partial charge in [-0.15, -0.1) is 0 Å². The van der Waals surface area contributed by atoms with E-state index in [4.69, 9.17) is 11.6 Å². The molecule has 0 saturated heterocycles. The average Bonchev–Trinajstić information content (AvgIpc) is 1.97. The van der Waals surface area contributed by atoms with Crippen molar-refractivity contribution in [3.05, 3.63) is 21.4 Å². The molecule has 0 spiro atoms. The highest BCUT2D eigenvalue weighted by molar-refractivity contribution is 9.10. The maximum absolute atomic E-state index is 5.92. The normalized spacial score (nSPS) is 10.1. The third kappa shape index (κ3) is 1.72. The Labute approximate surface area is 85.7 Å². The lowest BCUT2D eigenvalue weighted by Gasteiger charge is -2.17. The van der Waals surface area contributed by atoms with Gasteiger partial charge in [-0.25, -0.2) is 4.98 Å². The zero-order chi connectivity index (χ0) is 9.30. The summed E-state index contributed by atoms with van der Waals surface area (Å²) in [7, 11) is 3.89. The van der Waals surface area contributed by atoms with Crippen LogP contribution in [-0.4, -0.2) is 19.1 Å². The molecule has 0 N–H and O–H groups in total. The number of hydrogen-bond acceptors (Lipinski definition) is 2. The lowest BCUT2D eigenvalue weighted by Crippen LogP contribution is -2.11. The largest absolute Gasteiger partial charge is 0.375 e. The molecule has 0 unspecified atom stereocenters. The van der Waals surface area contributed by atoms with E-state index in [1.54, 1.807) is 6.20 Å². The van der Waals surface area contributed by atoms with Gasteiger partial charge in [-0.3, -0.25) is 0 Å². The number of rotatable bonds is 1. The van der Waals surface area contributed by atoms with Crippen LogP contribution in [0, 0.1) is 6.92 Å². The van der Waals surface area contributed by atoms with Crippen molar-refractivity contribution in [2.24, 2.45) is 0 Å². The molecule has 12 heavy (non-hydrogen) atoms.